The molecule has 0 spiro atoms. The highest BCUT2D eigenvalue weighted by atomic mass is 19.1. The summed E-state index contributed by atoms with van der Waals surface area (Å²) in [6, 6.07) is 9.27. The Balaban J connectivity index is 1.90. The molecule has 1 heterocycles. The zero-order chi connectivity index (χ0) is 19.6. The summed E-state index contributed by atoms with van der Waals surface area (Å²) >= 11 is 0. The zero-order valence-electron chi connectivity index (χ0n) is 15.9. The maximum Gasteiger partial charge on any atom is 0.320 e. The Morgan fingerprint density at radius 2 is 1.81 bits per heavy atom. The lowest BCUT2D eigenvalue weighted by atomic mass is 10.0. The van der Waals surface area contributed by atoms with E-state index in [1.165, 1.54) is 6.07 Å². The van der Waals surface area contributed by atoms with Crippen molar-refractivity contribution in [2.24, 2.45) is 7.05 Å². The van der Waals surface area contributed by atoms with Crippen LogP contribution in [0.4, 0.5) is 14.9 Å². The molecular formula is C21H23FN4O. The van der Waals surface area contributed by atoms with Crippen LogP contribution >= 0.6 is 0 Å². The smallest absolute Gasteiger partial charge is 0.320 e. The van der Waals surface area contributed by atoms with Crippen molar-refractivity contribution in [2.75, 3.05) is 5.32 Å². The van der Waals surface area contributed by atoms with Crippen LogP contribution < -0.4 is 10.6 Å². The summed E-state index contributed by atoms with van der Waals surface area (Å²) in [5.41, 5.74) is 4.20. The van der Waals surface area contributed by atoms with Gasteiger partial charge in [-0.3, -0.25) is 0 Å². The number of aryl methyl sites for hydroxylation is 4. The molecule has 1 aromatic heterocycles. The number of imidazole rings is 1. The summed E-state index contributed by atoms with van der Waals surface area (Å²) in [5, 5.41) is 5.76. The molecule has 3 rings (SSSR count). The number of carbonyl (C=O) groups is 1. The van der Waals surface area contributed by atoms with Crippen molar-refractivity contribution in [3.8, 4) is 0 Å². The first-order chi connectivity index (χ1) is 12.9. The molecule has 5 nitrogen and oxygen atoms in total. The number of amides is 2. The molecule has 0 aliphatic rings. The lowest BCUT2D eigenvalue weighted by molar-refractivity contribution is 0.249. The third-order valence-corrected chi connectivity index (χ3v) is 4.52. The largest absolute Gasteiger partial charge is 0.336 e. The third-order valence-electron chi connectivity index (χ3n) is 4.52. The molecule has 0 aliphatic carbocycles. The van der Waals surface area contributed by atoms with Crippen molar-refractivity contribution in [1.82, 2.24) is 14.9 Å². The number of anilines is 1. The molecule has 0 fully saturated rings. The Labute approximate surface area is 158 Å². The van der Waals surface area contributed by atoms with Gasteiger partial charge in [0.25, 0.3) is 0 Å². The van der Waals surface area contributed by atoms with Gasteiger partial charge in [0.05, 0.1) is 0 Å². The van der Waals surface area contributed by atoms with E-state index < -0.39 is 17.9 Å². The number of hydrogen-bond donors (Lipinski definition) is 2. The summed E-state index contributed by atoms with van der Waals surface area (Å²) in [5.74, 6) is 0.154. The Morgan fingerprint density at radius 3 is 2.41 bits per heavy atom. The number of urea groups is 1. The van der Waals surface area contributed by atoms with Crippen molar-refractivity contribution in [3.05, 3.63) is 82.7 Å². The van der Waals surface area contributed by atoms with Gasteiger partial charge in [0.15, 0.2) is 0 Å². The van der Waals surface area contributed by atoms with Gasteiger partial charge in [-0.2, -0.15) is 0 Å². The predicted molar refractivity (Wildman–Crippen MR) is 104 cm³/mol. The van der Waals surface area contributed by atoms with Crippen LogP contribution in [0.1, 0.15) is 34.1 Å². The van der Waals surface area contributed by atoms with Gasteiger partial charge in [-0.05, 0) is 38.0 Å². The molecule has 2 aromatic carbocycles. The lowest BCUT2D eigenvalue weighted by Gasteiger charge is -2.21. The minimum absolute atomic E-state index is 0.360. The number of carbonyl (C=O) groups excluding carboxylic acids is 1. The van der Waals surface area contributed by atoms with Crippen LogP contribution in [0, 0.1) is 26.6 Å². The van der Waals surface area contributed by atoms with Crippen LogP contribution in [-0.2, 0) is 7.05 Å². The van der Waals surface area contributed by atoms with Crippen molar-refractivity contribution in [3.63, 3.8) is 0 Å². The standard InChI is InChI=1S/C21H23FN4O/c1-13-11-14(2)18(15(3)12-13)24-21(27)25-19(20-23-9-10-26(20)4)16-7-5-6-8-17(16)22/h5-12,19H,1-4H3,(H2,24,25,27)/t19-/m0/s1. The van der Waals surface area contributed by atoms with Crippen molar-refractivity contribution in [2.45, 2.75) is 26.8 Å². The highest BCUT2D eigenvalue weighted by molar-refractivity contribution is 5.91. The maximum atomic E-state index is 14.4. The highest BCUT2D eigenvalue weighted by Crippen LogP contribution is 2.25. The third kappa shape index (κ3) is 4.00. The van der Waals surface area contributed by atoms with Gasteiger partial charge in [-0.15, -0.1) is 0 Å². The van der Waals surface area contributed by atoms with Gasteiger partial charge < -0.3 is 15.2 Å². The minimum Gasteiger partial charge on any atom is -0.336 e. The van der Waals surface area contributed by atoms with E-state index in [1.54, 1.807) is 35.2 Å². The quantitative estimate of drug-likeness (QED) is 0.719. The SMILES string of the molecule is Cc1cc(C)c(NC(=O)N[C@@H](c2ccccc2F)c2nccn2C)c(C)c1. The molecular weight excluding hydrogens is 343 g/mol. The fourth-order valence-corrected chi connectivity index (χ4v) is 3.30. The van der Waals surface area contributed by atoms with E-state index in [4.69, 9.17) is 0 Å². The van der Waals surface area contributed by atoms with Crippen molar-refractivity contribution >= 4 is 11.7 Å². The van der Waals surface area contributed by atoms with Crippen LogP contribution in [-0.4, -0.2) is 15.6 Å². The average molecular weight is 366 g/mol. The van der Waals surface area contributed by atoms with E-state index in [0.29, 0.717) is 11.4 Å². The Hall–Kier alpha value is -3.15. The van der Waals surface area contributed by atoms with E-state index in [9.17, 15) is 9.18 Å². The molecule has 140 valence electrons. The second kappa shape index (κ2) is 7.61. The fourth-order valence-electron chi connectivity index (χ4n) is 3.30. The first-order valence-corrected chi connectivity index (χ1v) is 8.74. The van der Waals surface area contributed by atoms with Gasteiger partial charge in [0, 0.05) is 30.7 Å². The Bertz CT molecular complexity index is 957. The first kappa shape index (κ1) is 18.6. The highest BCUT2D eigenvalue weighted by Gasteiger charge is 2.24. The van der Waals surface area contributed by atoms with Crippen LogP contribution in [0.2, 0.25) is 0 Å². The van der Waals surface area contributed by atoms with E-state index in [0.717, 1.165) is 22.4 Å². The lowest BCUT2D eigenvalue weighted by Crippen LogP contribution is -2.35. The monoisotopic (exact) mass is 366 g/mol. The molecule has 0 saturated carbocycles. The number of nitrogens with zero attached hydrogens (tertiary/aromatic N) is 2. The van der Waals surface area contributed by atoms with Crippen LogP contribution in [0.25, 0.3) is 0 Å². The van der Waals surface area contributed by atoms with Gasteiger partial charge in [-0.25, -0.2) is 14.2 Å². The Morgan fingerprint density at radius 1 is 1.15 bits per heavy atom. The summed E-state index contributed by atoms with van der Waals surface area (Å²) < 4.78 is 16.2. The van der Waals surface area contributed by atoms with Crippen molar-refractivity contribution < 1.29 is 9.18 Å². The second-order valence-electron chi connectivity index (χ2n) is 6.72. The first-order valence-electron chi connectivity index (χ1n) is 8.74. The minimum atomic E-state index is -0.711. The number of halogens is 1. The van der Waals surface area contributed by atoms with Crippen LogP contribution in [0.5, 0.6) is 0 Å². The number of aromatic nitrogens is 2. The number of nitrogens with one attached hydrogen (secondary N) is 2. The molecule has 0 saturated heterocycles. The molecule has 0 aliphatic heterocycles. The molecule has 6 heteroatoms. The predicted octanol–water partition coefficient (Wildman–Crippen LogP) is 4.40. The summed E-state index contributed by atoms with van der Waals surface area (Å²) in [6.45, 7) is 5.91. The van der Waals surface area contributed by atoms with E-state index in [-0.39, 0.29) is 0 Å². The van der Waals surface area contributed by atoms with Crippen LogP contribution in [0.3, 0.4) is 0 Å². The summed E-state index contributed by atoms with van der Waals surface area (Å²) in [4.78, 5) is 17.0. The van der Waals surface area contributed by atoms with E-state index in [2.05, 4.69) is 15.6 Å². The van der Waals surface area contributed by atoms with Gasteiger partial charge >= 0.3 is 6.03 Å². The van der Waals surface area contributed by atoms with Gasteiger partial charge in [0.1, 0.15) is 17.7 Å². The average Bonchev–Trinajstić information content (AvgIpc) is 3.02. The zero-order valence-corrected chi connectivity index (χ0v) is 15.9. The van der Waals surface area contributed by atoms with E-state index >= 15 is 0 Å². The maximum absolute atomic E-state index is 14.4. The Kier molecular flexibility index (Phi) is 5.26. The second-order valence-corrected chi connectivity index (χ2v) is 6.72. The molecule has 2 N–H and O–H groups in total. The van der Waals surface area contributed by atoms with Crippen molar-refractivity contribution in [1.29, 1.82) is 0 Å². The molecule has 1 atom stereocenters. The summed E-state index contributed by atoms with van der Waals surface area (Å²) in [6.07, 6.45) is 3.38. The molecule has 3 aromatic rings. The topological polar surface area (TPSA) is 59.0 Å². The van der Waals surface area contributed by atoms with E-state index in [1.807, 2.05) is 40.0 Å². The number of rotatable bonds is 4. The van der Waals surface area contributed by atoms with Gasteiger partial charge in [-0.1, -0.05) is 35.9 Å². The molecule has 0 unspecified atom stereocenters. The van der Waals surface area contributed by atoms with Crippen LogP contribution in [0.15, 0.2) is 48.8 Å². The van der Waals surface area contributed by atoms with Gasteiger partial charge in [0.2, 0.25) is 0 Å². The summed E-state index contributed by atoms with van der Waals surface area (Å²) in [7, 11) is 1.81. The molecule has 0 bridgehead atoms. The molecule has 27 heavy (non-hydrogen) atoms. The fraction of sp³-hybridized carbons (Fsp3) is 0.238. The number of hydrogen-bond acceptors (Lipinski definition) is 2. The number of benzene rings is 2. The molecule has 2 amide bonds. The normalized spacial score (nSPS) is 11.9. The molecule has 0 radical (unpaired) electrons.